The van der Waals surface area contributed by atoms with Crippen molar-refractivity contribution in [1.29, 1.82) is 0 Å². The van der Waals surface area contributed by atoms with Crippen LogP contribution in [0.15, 0.2) is 48.5 Å². The summed E-state index contributed by atoms with van der Waals surface area (Å²) in [5, 5.41) is 2.69. The summed E-state index contributed by atoms with van der Waals surface area (Å²) in [5.41, 5.74) is 2.13. The summed E-state index contributed by atoms with van der Waals surface area (Å²) in [4.78, 5) is 27.8. The van der Waals surface area contributed by atoms with E-state index < -0.39 is 0 Å². The van der Waals surface area contributed by atoms with Gasteiger partial charge in [-0.05, 0) is 42.5 Å². The Hall–Kier alpha value is -2.89. The van der Waals surface area contributed by atoms with Gasteiger partial charge in [-0.2, -0.15) is 0 Å². The molecule has 1 N–H and O–H groups in total. The van der Waals surface area contributed by atoms with Crippen LogP contribution < -0.4 is 10.2 Å². The van der Waals surface area contributed by atoms with Gasteiger partial charge in [-0.3, -0.25) is 9.59 Å². The molecule has 130 valence electrons. The molecule has 0 spiro atoms. The lowest BCUT2D eigenvalue weighted by Crippen LogP contribution is -2.48. The van der Waals surface area contributed by atoms with E-state index in [1.165, 1.54) is 19.1 Å². The molecule has 25 heavy (non-hydrogen) atoms. The zero-order valence-corrected chi connectivity index (χ0v) is 14.0. The molecule has 0 atom stereocenters. The van der Waals surface area contributed by atoms with Crippen LogP contribution in [-0.4, -0.2) is 42.9 Å². The number of anilines is 2. The van der Waals surface area contributed by atoms with Crippen molar-refractivity contribution in [2.45, 2.75) is 6.92 Å². The minimum atomic E-state index is -0.253. The molecular formula is C19H20FN3O2. The second kappa shape index (κ2) is 7.34. The van der Waals surface area contributed by atoms with Gasteiger partial charge in [-0.15, -0.1) is 0 Å². The van der Waals surface area contributed by atoms with Gasteiger partial charge in [0, 0.05) is 50.0 Å². The monoisotopic (exact) mass is 341 g/mol. The lowest BCUT2D eigenvalue weighted by atomic mass is 10.1. The van der Waals surface area contributed by atoms with Crippen molar-refractivity contribution in [3.05, 3.63) is 59.9 Å². The Labute approximate surface area is 146 Å². The molecule has 2 aromatic rings. The van der Waals surface area contributed by atoms with Crippen molar-refractivity contribution >= 4 is 23.2 Å². The minimum Gasteiger partial charge on any atom is -0.368 e. The number of piperazine rings is 1. The Morgan fingerprint density at radius 1 is 1.00 bits per heavy atom. The maximum atomic E-state index is 13.0. The van der Waals surface area contributed by atoms with Crippen LogP contribution in [0.4, 0.5) is 15.8 Å². The number of rotatable bonds is 3. The van der Waals surface area contributed by atoms with Gasteiger partial charge in [-0.1, -0.05) is 6.07 Å². The van der Waals surface area contributed by atoms with Gasteiger partial charge >= 0.3 is 0 Å². The molecule has 1 heterocycles. The number of hydrogen-bond acceptors (Lipinski definition) is 3. The fraction of sp³-hybridized carbons (Fsp3) is 0.263. The molecule has 2 amide bonds. The highest BCUT2D eigenvalue weighted by atomic mass is 19.1. The van der Waals surface area contributed by atoms with Gasteiger partial charge in [0.25, 0.3) is 5.91 Å². The summed E-state index contributed by atoms with van der Waals surface area (Å²) < 4.78 is 13.0. The molecule has 0 saturated carbocycles. The quantitative estimate of drug-likeness (QED) is 0.934. The maximum absolute atomic E-state index is 13.0. The number of nitrogens with zero attached hydrogens (tertiary/aromatic N) is 2. The number of carbonyl (C=O) groups is 2. The Bertz CT molecular complexity index is 768. The molecule has 0 aromatic heterocycles. The molecule has 0 aliphatic carbocycles. The fourth-order valence-electron chi connectivity index (χ4n) is 2.94. The average molecular weight is 341 g/mol. The first-order chi connectivity index (χ1) is 12.0. The summed E-state index contributed by atoms with van der Waals surface area (Å²) in [6.07, 6.45) is 0. The Kier molecular flexibility index (Phi) is 4.97. The van der Waals surface area contributed by atoms with E-state index in [0.717, 1.165) is 5.69 Å². The SMILES string of the molecule is CC(=O)Nc1cccc(C(=O)N2CCN(c3ccc(F)cc3)CC2)c1. The molecule has 1 aliphatic rings. The van der Waals surface area contributed by atoms with Crippen molar-refractivity contribution in [2.75, 3.05) is 36.4 Å². The first-order valence-corrected chi connectivity index (χ1v) is 8.20. The van der Waals surface area contributed by atoms with E-state index in [0.29, 0.717) is 37.4 Å². The van der Waals surface area contributed by atoms with E-state index in [-0.39, 0.29) is 17.6 Å². The van der Waals surface area contributed by atoms with Crippen molar-refractivity contribution in [3.8, 4) is 0 Å². The number of hydrogen-bond donors (Lipinski definition) is 1. The summed E-state index contributed by atoms with van der Waals surface area (Å²) >= 11 is 0. The lowest BCUT2D eigenvalue weighted by molar-refractivity contribution is -0.114. The number of nitrogens with one attached hydrogen (secondary N) is 1. The molecule has 6 heteroatoms. The van der Waals surface area contributed by atoms with Gasteiger partial charge in [0.1, 0.15) is 5.82 Å². The van der Waals surface area contributed by atoms with Crippen molar-refractivity contribution in [1.82, 2.24) is 4.90 Å². The van der Waals surface area contributed by atoms with Crippen LogP contribution in [0.2, 0.25) is 0 Å². The maximum Gasteiger partial charge on any atom is 0.254 e. The number of amides is 2. The molecule has 1 fully saturated rings. The first kappa shape index (κ1) is 17.0. The van der Waals surface area contributed by atoms with Crippen molar-refractivity contribution in [2.24, 2.45) is 0 Å². The topological polar surface area (TPSA) is 52.7 Å². The number of halogens is 1. The molecule has 5 nitrogen and oxygen atoms in total. The first-order valence-electron chi connectivity index (χ1n) is 8.20. The molecule has 0 radical (unpaired) electrons. The predicted octanol–water partition coefficient (Wildman–Crippen LogP) is 2.75. The van der Waals surface area contributed by atoms with Crippen LogP contribution in [0, 0.1) is 5.82 Å². The highest BCUT2D eigenvalue weighted by molar-refractivity contribution is 5.97. The highest BCUT2D eigenvalue weighted by Gasteiger charge is 2.22. The van der Waals surface area contributed by atoms with Crippen LogP contribution in [0.1, 0.15) is 17.3 Å². The Balaban J connectivity index is 1.63. The lowest BCUT2D eigenvalue weighted by Gasteiger charge is -2.36. The van der Waals surface area contributed by atoms with Crippen molar-refractivity contribution in [3.63, 3.8) is 0 Å². The number of carbonyl (C=O) groups excluding carboxylic acids is 2. The van der Waals surface area contributed by atoms with E-state index in [9.17, 15) is 14.0 Å². The zero-order chi connectivity index (χ0) is 17.8. The van der Waals surface area contributed by atoms with Crippen LogP contribution in [0.3, 0.4) is 0 Å². The van der Waals surface area contributed by atoms with Crippen LogP contribution in [0.25, 0.3) is 0 Å². The van der Waals surface area contributed by atoms with E-state index in [2.05, 4.69) is 10.2 Å². The molecule has 2 aromatic carbocycles. The second-order valence-electron chi connectivity index (χ2n) is 6.02. The van der Waals surface area contributed by atoms with Crippen molar-refractivity contribution < 1.29 is 14.0 Å². The van der Waals surface area contributed by atoms with Crippen LogP contribution >= 0.6 is 0 Å². The van der Waals surface area contributed by atoms with Crippen LogP contribution in [-0.2, 0) is 4.79 Å². The van der Waals surface area contributed by atoms with Gasteiger partial charge in [-0.25, -0.2) is 4.39 Å². The van der Waals surface area contributed by atoms with Gasteiger partial charge in [0.05, 0.1) is 0 Å². The number of benzene rings is 2. The third-order valence-corrected chi connectivity index (χ3v) is 4.19. The van der Waals surface area contributed by atoms with E-state index in [1.54, 1.807) is 41.3 Å². The van der Waals surface area contributed by atoms with E-state index >= 15 is 0 Å². The molecule has 0 unspecified atom stereocenters. The summed E-state index contributed by atoms with van der Waals surface area (Å²) in [6.45, 7) is 4.02. The average Bonchev–Trinajstić information content (AvgIpc) is 2.62. The summed E-state index contributed by atoms with van der Waals surface area (Å²) in [6, 6.07) is 13.3. The fourth-order valence-corrected chi connectivity index (χ4v) is 2.94. The van der Waals surface area contributed by atoms with Gasteiger partial charge < -0.3 is 15.1 Å². The van der Waals surface area contributed by atoms with E-state index in [4.69, 9.17) is 0 Å². The molecule has 1 aliphatic heterocycles. The van der Waals surface area contributed by atoms with E-state index in [1.807, 2.05) is 0 Å². The largest absolute Gasteiger partial charge is 0.368 e. The Morgan fingerprint density at radius 2 is 1.68 bits per heavy atom. The minimum absolute atomic E-state index is 0.0500. The molecular weight excluding hydrogens is 321 g/mol. The smallest absolute Gasteiger partial charge is 0.254 e. The predicted molar refractivity (Wildman–Crippen MR) is 95.3 cm³/mol. The summed E-state index contributed by atoms with van der Waals surface area (Å²) in [5.74, 6) is -0.472. The van der Waals surface area contributed by atoms with Gasteiger partial charge in [0.15, 0.2) is 0 Å². The highest BCUT2D eigenvalue weighted by Crippen LogP contribution is 2.19. The molecule has 1 saturated heterocycles. The van der Waals surface area contributed by atoms with Gasteiger partial charge in [0.2, 0.25) is 5.91 Å². The third kappa shape index (κ3) is 4.15. The second-order valence-corrected chi connectivity index (χ2v) is 6.02. The zero-order valence-electron chi connectivity index (χ0n) is 14.0. The van der Waals surface area contributed by atoms with Crippen LogP contribution in [0.5, 0.6) is 0 Å². The standard InChI is InChI=1S/C19H20FN3O2/c1-14(24)21-17-4-2-3-15(13-17)19(25)23-11-9-22(10-12-23)18-7-5-16(20)6-8-18/h2-8,13H,9-12H2,1H3,(H,21,24). The normalized spacial score (nSPS) is 14.3. The Morgan fingerprint density at radius 3 is 2.32 bits per heavy atom. The molecule has 0 bridgehead atoms. The molecule has 3 rings (SSSR count). The third-order valence-electron chi connectivity index (χ3n) is 4.19. The summed E-state index contributed by atoms with van der Waals surface area (Å²) in [7, 11) is 0.